The zero-order chi connectivity index (χ0) is 24.1. The number of hydrogen-bond acceptors (Lipinski definition) is 3. The van der Waals surface area contributed by atoms with E-state index in [4.69, 9.17) is 9.47 Å². The molecule has 3 rings (SSSR count). The average Bonchev–Trinajstić information content (AvgIpc) is 3.26. The largest absolute Gasteiger partial charge is 0.416 e. The van der Waals surface area contributed by atoms with Gasteiger partial charge >= 0.3 is 6.18 Å². The maximum Gasteiger partial charge on any atom is 0.416 e. The highest BCUT2D eigenvalue weighted by molar-refractivity contribution is 5.30. The second-order valence-corrected chi connectivity index (χ2v) is 10.6. The van der Waals surface area contributed by atoms with E-state index in [1.165, 1.54) is 30.5 Å². The van der Waals surface area contributed by atoms with Crippen molar-refractivity contribution in [2.75, 3.05) is 32.9 Å². The molecule has 2 saturated heterocycles. The first-order valence-electron chi connectivity index (χ1n) is 12.3. The topological polar surface area (TPSA) is 21.7 Å². The van der Waals surface area contributed by atoms with Crippen molar-refractivity contribution in [3.05, 3.63) is 47.0 Å². The van der Waals surface area contributed by atoms with Crippen LogP contribution in [0.2, 0.25) is 0 Å². The fraction of sp³-hybridized carbons (Fsp3) is 0.704. The van der Waals surface area contributed by atoms with E-state index in [9.17, 15) is 13.2 Å². The monoisotopic (exact) mass is 467 g/mol. The fourth-order valence-electron chi connectivity index (χ4n) is 5.05. The Kier molecular flexibility index (Phi) is 9.04. The minimum atomic E-state index is -4.30. The van der Waals surface area contributed by atoms with Crippen molar-refractivity contribution < 1.29 is 22.6 Å². The molecule has 2 aliphatic heterocycles. The van der Waals surface area contributed by atoms with Crippen LogP contribution in [0, 0.1) is 5.92 Å². The van der Waals surface area contributed by atoms with Crippen molar-refractivity contribution >= 4 is 0 Å². The van der Waals surface area contributed by atoms with E-state index in [2.05, 4.69) is 38.7 Å². The maximum atomic E-state index is 13.0. The summed E-state index contributed by atoms with van der Waals surface area (Å²) < 4.78 is 50.3. The van der Waals surface area contributed by atoms with E-state index in [0.717, 1.165) is 57.7 Å². The highest BCUT2D eigenvalue weighted by Crippen LogP contribution is 2.35. The lowest BCUT2D eigenvalue weighted by atomic mass is 9.77. The maximum absolute atomic E-state index is 13.0. The molecule has 0 saturated carbocycles. The Bertz CT molecular complexity index is 755. The van der Waals surface area contributed by atoms with Gasteiger partial charge in [0.2, 0.25) is 0 Å². The summed E-state index contributed by atoms with van der Waals surface area (Å²) in [5.74, 6) is 0.693. The molecule has 3 nitrogen and oxygen atoms in total. The minimum Gasteiger partial charge on any atom is -0.379 e. The average molecular weight is 468 g/mol. The van der Waals surface area contributed by atoms with Crippen LogP contribution in [0.1, 0.15) is 70.9 Å². The first-order chi connectivity index (χ1) is 15.5. The standard InChI is InChI=1S/C27H40F3NO2/c1-20(2)17-24(18-26(3,4)22-5-7-23(8-6-22)27(28,29)30)31-13-9-21(10-14-31)11-16-33-25-12-15-32-19-25/h5-8,17,21,24-25H,9-16,18-19H2,1-4H3. The molecule has 2 unspecified atom stereocenters. The van der Waals surface area contributed by atoms with Gasteiger partial charge in [0, 0.05) is 19.3 Å². The molecule has 0 aromatic heterocycles. The molecular formula is C27H40F3NO2. The van der Waals surface area contributed by atoms with Gasteiger partial charge in [0.1, 0.15) is 0 Å². The van der Waals surface area contributed by atoms with Crippen LogP contribution >= 0.6 is 0 Å². The van der Waals surface area contributed by atoms with Crippen molar-refractivity contribution in [3.63, 3.8) is 0 Å². The Morgan fingerprint density at radius 1 is 1.09 bits per heavy atom. The summed E-state index contributed by atoms with van der Waals surface area (Å²) in [7, 11) is 0. The zero-order valence-corrected chi connectivity index (χ0v) is 20.6. The zero-order valence-electron chi connectivity index (χ0n) is 20.6. The van der Waals surface area contributed by atoms with Crippen LogP contribution in [0.25, 0.3) is 0 Å². The van der Waals surface area contributed by atoms with Crippen molar-refractivity contribution in [1.29, 1.82) is 0 Å². The molecule has 0 aliphatic carbocycles. The summed E-state index contributed by atoms with van der Waals surface area (Å²) in [5.41, 5.74) is 1.41. The summed E-state index contributed by atoms with van der Waals surface area (Å²) >= 11 is 0. The van der Waals surface area contributed by atoms with E-state index in [-0.39, 0.29) is 17.6 Å². The lowest BCUT2D eigenvalue weighted by Crippen LogP contribution is -2.43. The quantitative estimate of drug-likeness (QED) is 0.381. The third kappa shape index (κ3) is 7.83. The molecule has 0 bridgehead atoms. The molecule has 1 aromatic rings. The van der Waals surface area contributed by atoms with Crippen LogP contribution in [0.3, 0.4) is 0 Å². The second kappa shape index (κ2) is 11.4. The van der Waals surface area contributed by atoms with Gasteiger partial charge in [-0.1, -0.05) is 37.6 Å². The van der Waals surface area contributed by atoms with Crippen LogP contribution < -0.4 is 0 Å². The van der Waals surface area contributed by atoms with Crippen LogP contribution in [-0.4, -0.2) is 50.0 Å². The van der Waals surface area contributed by atoms with Gasteiger partial charge in [0.15, 0.2) is 0 Å². The number of ether oxygens (including phenoxy) is 2. The molecule has 2 heterocycles. The van der Waals surface area contributed by atoms with E-state index in [0.29, 0.717) is 5.92 Å². The van der Waals surface area contributed by atoms with Gasteiger partial charge in [-0.15, -0.1) is 0 Å². The molecule has 186 valence electrons. The summed E-state index contributed by atoms with van der Waals surface area (Å²) in [4.78, 5) is 2.56. The van der Waals surface area contributed by atoms with Crippen LogP contribution in [0.5, 0.6) is 0 Å². The van der Waals surface area contributed by atoms with E-state index < -0.39 is 11.7 Å². The molecule has 0 radical (unpaired) electrons. The number of allylic oxidation sites excluding steroid dienone is 1. The highest BCUT2D eigenvalue weighted by atomic mass is 19.4. The van der Waals surface area contributed by atoms with Gasteiger partial charge in [0.05, 0.1) is 18.3 Å². The number of likely N-dealkylation sites (tertiary alicyclic amines) is 1. The third-order valence-electron chi connectivity index (χ3n) is 7.12. The van der Waals surface area contributed by atoms with E-state index in [1.807, 2.05) is 0 Å². The molecule has 2 atom stereocenters. The van der Waals surface area contributed by atoms with Gasteiger partial charge < -0.3 is 9.47 Å². The van der Waals surface area contributed by atoms with E-state index >= 15 is 0 Å². The Morgan fingerprint density at radius 3 is 2.27 bits per heavy atom. The van der Waals surface area contributed by atoms with Crippen LogP contribution in [0.4, 0.5) is 13.2 Å². The number of halogens is 3. The third-order valence-corrected chi connectivity index (χ3v) is 7.12. The van der Waals surface area contributed by atoms with Crippen molar-refractivity contribution in [2.24, 2.45) is 5.92 Å². The SMILES string of the molecule is CC(C)=CC(CC(C)(C)c1ccc(C(F)(F)F)cc1)N1CCC(CCOC2CCOC2)CC1. The molecule has 0 spiro atoms. The molecular weight excluding hydrogens is 427 g/mol. The predicted molar refractivity (Wildman–Crippen MR) is 126 cm³/mol. The van der Waals surface area contributed by atoms with Gasteiger partial charge in [0.25, 0.3) is 0 Å². The fourth-order valence-corrected chi connectivity index (χ4v) is 5.05. The second-order valence-electron chi connectivity index (χ2n) is 10.6. The molecule has 0 N–H and O–H groups in total. The van der Waals surface area contributed by atoms with Crippen molar-refractivity contribution in [3.8, 4) is 0 Å². The minimum absolute atomic E-state index is 0.227. The first-order valence-corrected chi connectivity index (χ1v) is 12.3. The predicted octanol–water partition coefficient (Wildman–Crippen LogP) is 6.62. The van der Waals surface area contributed by atoms with Crippen LogP contribution in [-0.2, 0) is 21.1 Å². The molecule has 0 amide bonds. The number of alkyl halides is 3. The Labute approximate surface area is 197 Å². The highest BCUT2D eigenvalue weighted by Gasteiger charge is 2.33. The van der Waals surface area contributed by atoms with E-state index in [1.54, 1.807) is 12.1 Å². The molecule has 1 aromatic carbocycles. The first kappa shape index (κ1) is 26.2. The molecule has 2 fully saturated rings. The van der Waals surface area contributed by atoms with Gasteiger partial charge in [-0.2, -0.15) is 13.2 Å². The van der Waals surface area contributed by atoms with Gasteiger partial charge in [-0.3, -0.25) is 4.90 Å². The van der Waals surface area contributed by atoms with Crippen molar-refractivity contribution in [2.45, 2.75) is 83.5 Å². The Balaban J connectivity index is 1.56. The number of benzene rings is 1. The summed E-state index contributed by atoms with van der Waals surface area (Å²) in [5, 5.41) is 0. The summed E-state index contributed by atoms with van der Waals surface area (Å²) in [6.45, 7) is 13.0. The molecule has 2 aliphatic rings. The number of nitrogens with zero attached hydrogens (tertiary/aromatic N) is 1. The molecule has 33 heavy (non-hydrogen) atoms. The smallest absolute Gasteiger partial charge is 0.379 e. The normalized spacial score (nSPS) is 21.8. The number of rotatable bonds is 9. The number of piperidine rings is 1. The van der Waals surface area contributed by atoms with Crippen molar-refractivity contribution in [1.82, 2.24) is 4.90 Å². The number of hydrogen-bond donors (Lipinski definition) is 0. The Hall–Kier alpha value is -1.37. The van der Waals surface area contributed by atoms with Gasteiger partial charge in [-0.25, -0.2) is 0 Å². The Morgan fingerprint density at radius 2 is 1.73 bits per heavy atom. The van der Waals surface area contributed by atoms with Gasteiger partial charge in [-0.05, 0) is 88.1 Å². The molecule has 6 heteroatoms. The lowest BCUT2D eigenvalue weighted by molar-refractivity contribution is -0.137. The van der Waals surface area contributed by atoms with Crippen LogP contribution in [0.15, 0.2) is 35.9 Å². The summed E-state index contributed by atoms with van der Waals surface area (Å²) in [6, 6.07) is 5.98. The lowest BCUT2D eigenvalue weighted by Gasteiger charge is -2.40. The summed E-state index contributed by atoms with van der Waals surface area (Å²) in [6.07, 6.45) is 3.63.